The van der Waals surface area contributed by atoms with Crippen LogP contribution in [0.5, 0.6) is 11.6 Å². The fourth-order valence-electron chi connectivity index (χ4n) is 2.75. The van der Waals surface area contributed by atoms with Crippen molar-refractivity contribution in [2.75, 3.05) is 5.75 Å². The monoisotopic (exact) mass is 407 g/mol. The molecule has 1 atom stereocenters. The van der Waals surface area contributed by atoms with E-state index < -0.39 is 0 Å². The van der Waals surface area contributed by atoms with Gasteiger partial charge in [0.05, 0.1) is 5.75 Å². The van der Waals surface area contributed by atoms with Gasteiger partial charge in [0.15, 0.2) is 5.03 Å². The molecule has 150 valence electrons. The minimum Gasteiger partial charge on any atom is -0.437 e. The number of ether oxygens (including phenoxy) is 1. The highest BCUT2D eigenvalue weighted by Crippen LogP contribution is 2.28. The number of rotatable bonds is 9. The van der Waals surface area contributed by atoms with E-state index in [1.54, 1.807) is 12.4 Å². The summed E-state index contributed by atoms with van der Waals surface area (Å²) >= 11 is 1.32. The van der Waals surface area contributed by atoms with Crippen LogP contribution < -0.4 is 10.1 Å². The first-order chi connectivity index (χ1) is 14.1. The molecule has 1 amide bonds. The average molecular weight is 408 g/mol. The molecule has 1 heterocycles. The van der Waals surface area contributed by atoms with E-state index in [1.165, 1.54) is 17.3 Å². The highest BCUT2D eigenvalue weighted by molar-refractivity contribution is 8.00. The number of hydrogen-bond donors (Lipinski definition) is 1. The van der Waals surface area contributed by atoms with Gasteiger partial charge in [-0.05, 0) is 44.4 Å². The standard InChI is InChI=1S/C23H25N3O2S/c1-17-8-12-20(13-9-17)28-22-23(25-15-14-24-22)29-16-21(27)26-18(2)10-11-19-6-4-3-5-7-19/h3-9,12-15,18H,10-11,16H2,1-2H3,(H,26,27)/t18-/m0/s1. The Morgan fingerprint density at radius 1 is 1.07 bits per heavy atom. The van der Waals surface area contributed by atoms with Gasteiger partial charge in [-0.15, -0.1) is 0 Å². The highest BCUT2D eigenvalue weighted by Gasteiger charge is 2.13. The fourth-order valence-corrected chi connectivity index (χ4v) is 3.45. The van der Waals surface area contributed by atoms with Crippen molar-refractivity contribution in [1.29, 1.82) is 0 Å². The number of nitrogens with zero attached hydrogens (tertiary/aromatic N) is 2. The molecule has 1 N–H and O–H groups in total. The number of thioether (sulfide) groups is 1. The second kappa shape index (κ2) is 10.6. The summed E-state index contributed by atoms with van der Waals surface area (Å²) in [6, 6.07) is 18.1. The zero-order chi connectivity index (χ0) is 20.5. The van der Waals surface area contributed by atoms with Crippen LogP contribution in [0.3, 0.4) is 0 Å². The van der Waals surface area contributed by atoms with Crippen molar-refractivity contribution in [2.24, 2.45) is 0 Å². The van der Waals surface area contributed by atoms with Gasteiger partial charge in [0, 0.05) is 18.4 Å². The topological polar surface area (TPSA) is 64.1 Å². The molecule has 0 unspecified atom stereocenters. The first-order valence-electron chi connectivity index (χ1n) is 9.62. The van der Waals surface area contributed by atoms with Gasteiger partial charge in [-0.1, -0.05) is 59.8 Å². The number of carbonyl (C=O) groups excluding carboxylic acids is 1. The Morgan fingerprint density at radius 3 is 2.55 bits per heavy atom. The maximum absolute atomic E-state index is 12.3. The summed E-state index contributed by atoms with van der Waals surface area (Å²) in [7, 11) is 0. The van der Waals surface area contributed by atoms with Crippen LogP contribution in [0.25, 0.3) is 0 Å². The van der Waals surface area contributed by atoms with Crippen LogP contribution in [-0.2, 0) is 11.2 Å². The SMILES string of the molecule is Cc1ccc(Oc2nccnc2SCC(=O)N[C@@H](C)CCc2ccccc2)cc1. The van der Waals surface area contributed by atoms with Crippen LogP contribution in [0.2, 0.25) is 0 Å². The number of amides is 1. The van der Waals surface area contributed by atoms with Crippen LogP contribution >= 0.6 is 11.8 Å². The maximum atomic E-state index is 12.3. The fraction of sp³-hybridized carbons (Fsp3) is 0.261. The maximum Gasteiger partial charge on any atom is 0.252 e. The Bertz CT molecular complexity index is 917. The predicted octanol–water partition coefficient (Wildman–Crippen LogP) is 4.81. The minimum atomic E-state index is -0.0255. The molecule has 2 aromatic carbocycles. The molecule has 0 bridgehead atoms. The Labute approximate surface area is 175 Å². The lowest BCUT2D eigenvalue weighted by Crippen LogP contribution is -2.34. The first-order valence-corrected chi connectivity index (χ1v) is 10.6. The van der Waals surface area contributed by atoms with Crippen molar-refractivity contribution >= 4 is 17.7 Å². The largest absolute Gasteiger partial charge is 0.437 e. The average Bonchev–Trinajstić information content (AvgIpc) is 2.74. The van der Waals surface area contributed by atoms with Crippen LogP contribution in [0.15, 0.2) is 72.0 Å². The molecular weight excluding hydrogens is 382 g/mol. The van der Waals surface area contributed by atoms with Crippen molar-refractivity contribution in [3.8, 4) is 11.6 Å². The summed E-state index contributed by atoms with van der Waals surface area (Å²) in [6.45, 7) is 4.05. The summed E-state index contributed by atoms with van der Waals surface area (Å²) in [5, 5.41) is 3.64. The Hall–Kier alpha value is -2.86. The third kappa shape index (κ3) is 6.91. The lowest BCUT2D eigenvalue weighted by Gasteiger charge is -2.14. The minimum absolute atomic E-state index is 0.0255. The van der Waals surface area contributed by atoms with Crippen LogP contribution in [0.4, 0.5) is 0 Å². The second-order valence-corrected chi connectivity index (χ2v) is 7.83. The van der Waals surface area contributed by atoms with E-state index >= 15 is 0 Å². The van der Waals surface area contributed by atoms with Crippen LogP contribution in [0, 0.1) is 6.92 Å². The van der Waals surface area contributed by atoms with E-state index in [4.69, 9.17) is 4.74 Å². The smallest absolute Gasteiger partial charge is 0.252 e. The lowest BCUT2D eigenvalue weighted by molar-refractivity contribution is -0.119. The summed E-state index contributed by atoms with van der Waals surface area (Å²) in [6.07, 6.45) is 5.02. The number of hydrogen-bond acceptors (Lipinski definition) is 5. The molecule has 0 aliphatic heterocycles. The van der Waals surface area contributed by atoms with Gasteiger partial charge in [-0.2, -0.15) is 0 Å². The van der Waals surface area contributed by atoms with E-state index in [9.17, 15) is 4.79 Å². The summed E-state index contributed by atoms with van der Waals surface area (Å²) in [4.78, 5) is 20.9. The zero-order valence-electron chi connectivity index (χ0n) is 16.7. The molecule has 0 radical (unpaired) electrons. The first kappa shape index (κ1) is 20.9. The molecule has 29 heavy (non-hydrogen) atoms. The van der Waals surface area contributed by atoms with Gasteiger partial charge in [0.1, 0.15) is 5.75 Å². The van der Waals surface area contributed by atoms with E-state index in [2.05, 4.69) is 27.4 Å². The van der Waals surface area contributed by atoms with E-state index in [1.807, 2.05) is 56.3 Å². The van der Waals surface area contributed by atoms with E-state index in [0.717, 1.165) is 18.4 Å². The molecule has 0 aliphatic carbocycles. The van der Waals surface area contributed by atoms with Crippen molar-refractivity contribution in [3.05, 3.63) is 78.1 Å². The molecule has 1 aromatic heterocycles. The van der Waals surface area contributed by atoms with Crippen LogP contribution in [-0.4, -0.2) is 27.7 Å². The molecule has 0 saturated carbocycles. The van der Waals surface area contributed by atoms with Gasteiger partial charge in [0.2, 0.25) is 5.91 Å². The zero-order valence-corrected chi connectivity index (χ0v) is 17.5. The number of aromatic nitrogens is 2. The molecule has 5 nitrogen and oxygen atoms in total. The Morgan fingerprint density at radius 2 is 1.79 bits per heavy atom. The normalized spacial score (nSPS) is 11.7. The quantitative estimate of drug-likeness (QED) is 0.516. The molecule has 0 aliphatic rings. The van der Waals surface area contributed by atoms with E-state index in [-0.39, 0.29) is 17.7 Å². The number of nitrogens with one attached hydrogen (secondary N) is 1. The number of aryl methyl sites for hydroxylation is 2. The third-order valence-corrected chi connectivity index (χ3v) is 5.28. The van der Waals surface area contributed by atoms with Gasteiger partial charge in [0.25, 0.3) is 5.88 Å². The predicted molar refractivity (Wildman–Crippen MR) is 116 cm³/mol. The van der Waals surface area contributed by atoms with Gasteiger partial charge in [-0.3, -0.25) is 4.79 Å². The second-order valence-electron chi connectivity index (χ2n) is 6.86. The summed E-state index contributed by atoms with van der Waals surface area (Å²) in [5.41, 5.74) is 2.43. The molecule has 0 spiro atoms. The molecular formula is C23H25N3O2S. The highest BCUT2D eigenvalue weighted by atomic mass is 32.2. The van der Waals surface area contributed by atoms with Gasteiger partial charge < -0.3 is 10.1 Å². The summed E-state index contributed by atoms with van der Waals surface area (Å²) < 4.78 is 5.84. The Kier molecular flexibility index (Phi) is 7.64. The third-order valence-electron chi connectivity index (χ3n) is 4.32. The molecule has 0 fully saturated rings. The molecule has 6 heteroatoms. The lowest BCUT2D eigenvalue weighted by atomic mass is 10.1. The number of benzene rings is 2. The molecule has 3 rings (SSSR count). The van der Waals surface area contributed by atoms with Crippen molar-refractivity contribution in [3.63, 3.8) is 0 Å². The molecule has 0 saturated heterocycles. The van der Waals surface area contributed by atoms with E-state index in [0.29, 0.717) is 16.7 Å². The Balaban J connectivity index is 1.49. The van der Waals surface area contributed by atoms with Crippen molar-refractivity contribution in [2.45, 2.75) is 37.8 Å². The summed E-state index contributed by atoms with van der Waals surface area (Å²) in [5.74, 6) is 1.34. The van der Waals surface area contributed by atoms with Crippen molar-refractivity contribution < 1.29 is 9.53 Å². The molecule has 3 aromatic rings. The van der Waals surface area contributed by atoms with Gasteiger partial charge in [-0.25, -0.2) is 9.97 Å². The van der Waals surface area contributed by atoms with Crippen molar-refractivity contribution in [1.82, 2.24) is 15.3 Å². The van der Waals surface area contributed by atoms with Crippen LogP contribution in [0.1, 0.15) is 24.5 Å². The number of carbonyl (C=O) groups is 1. The van der Waals surface area contributed by atoms with Gasteiger partial charge >= 0.3 is 0 Å².